The zero-order chi connectivity index (χ0) is 51.2. The van der Waals surface area contributed by atoms with Crippen LogP contribution in [-0.2, 0) is 40.0 Å². The highest BCUT2D eigenvalue weighted by Crippen LogP contribution is 2.40. The summed E-state index contributed by atoms with van der Waals surface area (Å²) in [5, 5.41) is 19.6. The van der Waals surface area contributed by atoms with E-state index >= 15 is 0 Å². The fourth-order valence-corrected chi connectivity index (χ4v) is 9.69. The maximum atomic E-state index is 11.9. The Balaban J connectivity index is 0.000000182. The molecule has 0 atom stereocenters. The molecule has 0 spiro atoms. The number of esters is 1. The average Bonchev–Trinajstić information content (AvgIpc) is 4.07. The molecule has 0 bridgehead atoms. The van der Waals surface area contributed by atoms with Gasteiger partial charge in [-0.05, 0) is 78.1 Å². The first-order valence-corrected chi connectivity index (χ1v) is 25.5. The third kappa shape index (κ3) is 11.4. The van der Waals surface area contributed by atoms with Gasteiger partial charge in [0.15, 0.2) is 0 Å². The van der Waals surface area contributed by atoms with Gasteiger partial charge in [0, 0.05) is 46.2 Å². The summed E-state index contributed by atoms with van der Waals surface area (Å²) in [6.45, 7) is 6.60. The van der Waals surface area contributed by atoms with Crippen LogP contribution in [0.2, 0.25) is 0 Å². The van der Waals surface area contributed by atoms with Crippen LogP contribution in [0.25, 0.3) is 78.4 Å². The summed E-state index contributed by atoms with van der Waals surface area (Å²) in [6.07, 6.45) is 3.29. The third-order valence-electron chi connectivity index (χ3n) is 13.1. The van der Waals surface area contributed by atoms with Crippen LogP contribution in [0.3, 0.4) is 0 Å². The lowest BCUT2D eigenvalue weighted by atomic mass is 9.97. The number of carbonyl (C=O) groups excluding carboxylic acids is 1. The van der Waals surface area contributed by atoms with E-state index in [1.54, 1.807) is 0 Å². The smallest absolute Gasteiger partial charge is 0.306 e. The highest BCUT2D eigenvalue weighted by Gasteiger charge is 2.24. The van der Waals surface area contributed by atoms with Crippen molar-refractivity contribution >= 4 is 11.9 Å². The number of carbonyl (C=O) groups is 2. The Bertz CT molecular complexity index is 3470. The fraction of sp³-hybridized carbons (Fsp3) is 0.152. The number of benzene rings is 8. The molecule has 2 aromatic heterocycles. The van der Waals surface area contributed by atoms with E-state index in [0.717, 1.165) is 108 Å². The van der Waals surface area contributed by atoms with E-state index in [-0.39, 0.29) is 12.4 Å². The van der Waals surface area contributed by atoms with E-state index in [9.17, 15) is 9.59 Å². The fourth-order valence-electron chi connectivity index (χ4n) is 9.69. The number of ether oxygens (including phenoxy) is 1. The normalized spacial score (nSPS) is 10.9. The maximum absolute atomic E-state index is 11.9. The third-order valence-corrected chi connectivity index (χ3v) is 13.1. The monoisotopic (exact) mass is 972 g/mol. The number of carboxylic acids is 1. The molecule has 0 saturated heterocycles. The largest absolute Gasteiger partial charge is 0.481 e. The summed E-state index contributed by atoms with van der Waals surface area (Å²) in [5.41, 5.74) is 19.5. The SMILES string of the molecule is CCOC(=O)CCc1cccc(-c2ccccc2-n2nc(-c3ccccc3)c(-c3ccccc3)c2CC)c1.CCc1c(-c2ccccc2)c(-c2ccccc2)nn1-c1ccccc1-c1cccc(CCC(=O)O)c1. The van der Waals surface area contributed by atoms with Crippen molar-refractivity contribution in [3.63, 3.8) is 0 Å². The number of carboxylic acid groups (broad SMARTS) is 1. The average molecular weight is 973 g/mol. The number of rotatable bonds is 17. The number of hydrogen-bond donors (Lipinski definition) is 1. The van der Waals surface area contributed by atoms with E-state index < -0.39 is 5.97 Å². The van der Waals surface area contributed by atoms with Crippen LogP contribution in [0.15, 0.2) is 218 Å². The van der Waals surface area contributed by atoms with Crippen molar-refractivity contribution in [2.24, 2.45) is 0 Å². The Kier molecular flexibility index (Phi) is 16.3. The molecule has 8 aromatic carbocycles. The van der Waals surface area contributed by atoms with Crippen molar-refractivity contribution in [1.29, 1.82) is 0 Å². The Morgan fingerprint density at radius 2 is 0.797 bits per heavy atom. The van der Waals surface area contributed by atoms with Crippen molar-refractivity contribution < 1.29 is 19.4 Å². The molecule has 10 aromatic rings. The van der Waals surface area contributed by atoms with Crippen molar-refractivity contribution in [3.8, 4) is 78.4 Å². The first-order chi connectivity index (χ1) is 36.3. The predicted octanol–water partition coefficient (Wildman–Crippen LogP) is 15.4. The van der Waals surface area contributed by atoms with Crippen molar-refractivity contribution in [2.45, 2.75) is 59.3 Å². The molecular weight excluding hydrogens is 913 g/mol. The molecule has 8 nitrogen and oxygen atoms in total. The van der Waals surface area contributed by atoms with Crippen molar-refractivity contribution in [1.82, 2.24) is 19.6 Å². The molecule has 0 radical (unpaired) electrons. The predicted molar refractivity (Wildman–Crippen MR) is 299 cm³/mol. The lowest BCUT2D eigenvalue weighted by Crippen LogP contribution is -2.05. The van der Waals surface area contributed by atoms with Gasteiger partial charge in [0.2, 0.25) is 0 Å². The molecule has 368 valence electrons. The van der Waals surface area contributed by atoms with Gasteiger partial charge < -0.3 is 9.84 Å². The van der Waals surface area contributed by atoms with Gasteiger partial charge in [-0.1, -0.05) is 220 Å². The second kappa shape index (κ2) is 24.0. The van der Waals surface area contributed by atoms with E-state index in [0.29, 0.717) is 25.9 Å². The Labute approximate surface area is 434 Å². The van der Waals surface area contributed by atoms with Gasteiger partial charge in [0.05, 0.1) is 29.4 Å². The van der Waals surface area contributed by atoms with Crippen LogP contribution in [0.1, 0.15) is 56.1 Å². The van der Waals surface area contributed by atoms with Crippen LogP contribution >= 0.6 is 0 Å². The first kappa shape index (κ1) is 50.1. The molecule has 74 heavy (non-hydrogen) atoms. The lowest BCUT2D eigenvalue weighted by molar-refractivity contribution is -0.143. The quantitative estimate of drug-likeness (QED) is 0.0913. The zero-order valence-corrected chi connectivity index (χ0v) is 42.2. The highest BCUT2D eigenvalue weighted by molar-refractivity contribution is 5.86. The van der Waals surface area contributed by atoms with Crippen LogP contribution in [-0.4, -0.2) is 43.2 Å². The van der Waals surface area contributed by atoms with Crippen molar-refractivity contribution in [2.75, 3.05) is 6.61 Å². The van der Waals surface area contributed by atoms with Crippen LogP contribution < -0.4 is 0 Å². The minimum absolute atomic E-state index is 0.116. The Morgan fingerprint density at radius 1 is 0.432 bits per heavy atom. The summed E-state index contributed by atoms with van der Waals surface area (Å²) in [7, 11) is 0. The number of nitrogens with zero attached hydrogens (tertiary/aromatic N) is 4. The molecule has 0 saturated carbocycles. The molecule has 1 N–H and O–H groups in total. The summed E-state index contributed by atoms with van der Waals surface area (Å²) in [5.74, 6) is -0.948. The number of aryl methyl sites for hydroxylation is 2. The van der Waals surface area contributed by atoms with Gasteiger partial charge in [-0.3, -0.25) is 9.59 Å². The number of aromatic nitrogens is 4. The van der Waals surface area contributed by atoms with Crippen LogP contribution in [0, 0.1) is 0 Å². The number of para-hydroxylation sites is 2. The van der Waals surface area contributed by atoms with E-state index in [1.807, 2.05) is 67.6 Å². The molecule has 0 unspecified atom stereocenters. The van der Waals surface area contributed by atoms with Gasteiger partial charge in [-0.25, -0.2) is 9.36 Å². The molecular formula is C66H60N4O4. The molecule has 0 aliphatic carbocycles. The topological polar surface area (TPSA) is 99.2 Å². The molecule has 10 rings (SSSR count). The van der Waals surface area contributed by atoms with Crippen LogP contribution in [0.5, 0.6) is 0 Å². The van der Waals surface area contributed by atoms with E-state index in [4.69, 9.17) is 20.0 Å². The summed E-state index contributed by atoms with van der Waals surface area (Å²) in [4.78, 5) is 23.0. The van der Waals surface area contributed by atoms with E-state index in [1.165, 1.54) is 5.69 Å². The second-order valence-corrected chi connectivity index (χ2v) is 18.0. The minimum atomic E-state index is -0.785. The standard InChI is InChI=1S/C34H32N2O2.C32H28N2O2/c1-3-30-33(26-15-7-5-8-16-26)34(27-17-9-6-10-18-27)35-36(30)31-21-12-11-20-29(31)28-19-13-14-25(24-28)22-23-32(37)38-4-2;1-2-28-31(24-13-5-3-6-14-24)32(25-15-7-4-8-16-25)33-34(28)29-19-10-9-18-27(29)26-17-11-12-23(22-26)20-21-30(35)36/h5-21,24H,3-4,22-23H2,1-2H3;3-19,22H,2,20-21H2,1H3,(H,35,36). The summed E-state index contributed by atoms with van der Waals surface area (Å²) < 4.78 is 9.32. The molecule has 0 amide bonds. The molecule has 8 heteroatoms. The zero-order valence-electron chi connectivity index (χ0n) is 42.2. The van der Waals surface area contributed by atoms with Crippen molar-refractivity contribution in [3.05, 3.63) is 241 Å². The number of hydrogen-bond acceptors (Lipinski definition) is 5. The molecule has 0 aliphatic rings. The Morgan fingerprint density at radius 3 is 1.19 bits per heavy atom. The molecule has 0 aliphatic heterocycles. The van der Waals surface area contributed by atoms with Crippen LogP contribution in [0.4, 0.5) is 0 Å². The lowest BCUT2D eigenvalue weighted by Gasteiger charge is -2.14. The maximum Gasteiger partial charge on any atom is 0.306 e. The van der Waals surface area contributed by atoms with Gasteiger partial charge in [0.25, 0.3) is 0 Å². The van der Waals surface area contributed by atoms with Gasteiger partial charge in [-0.2, -0.15) is 10.2 Å². The molecule has 2 heterocycles. The van der Waals surface area contributed by atoms with Gasteiger partial charge >= 0.3 is 11.9 Å². The summed E-state index contributed by atoms with van der Waals surface area (Å²) >= 11 is 0. The first-order valence-electron chi connectivity index (χ1n) is 25.5. The summed E-state index contributed by atoms with van der Waals surface area (Å²) in [6, 6.07) is 75.0. The van der Waals surface area contributed by atoms with Gasteiger partial charge in [0.1, 0.15) is 11.4 Å². The Hall–Kier alpha value is -8.88. The highest BCUT2D eigenvalue weighted by atomic mass is 16.5. The number of aliphatic carboxylic acids is 1. The molecule has 0 fully saturated rings. The van der Waals surface area contributed by atoms with E-state index in [2.05, 4.69) is 181 Å². The second-order valence-electron chi connectivity index (χ2n) is 18.0. The minimum Gasteiger partial charge on any atom is -0.481 e. The van der Waals surface area contributed by atoms with Gasteiger partial charge in [-0.15, -0.1) is 0 Å².